The van der Waals surface area contributed by atoms with E-state index in [0.717, 1.165) is 16.9 Å². The molecule has 3 rings (SSSR count). The number of ether oxygens (including phenoxy) is 3. The predicted octanol–water partition coefficient (Wildman–Crippen LogP) is 1.75. The van der Waals surface area contributed by atoms with Crippen LogP contribution in [0.15, 0.2) is 12.1 Å². The summed E-state index contributed by atoms with van der Waals surface area (Å²) in [5.74, 6) is 1.49. The first-order valence-corrected chi connectivity index (χ1v) is 7.74. The minimum Gasteiger partial charge on any atom is -0.471 e. The van der Waals surface area contributed by atoms with Gasteiger partial charge in [-0.1, -0.05) is 0 Å². The Bertz CT molecular complexity index is 588. The van der Waals surface area contributed by atoms with Crippen molar-refractivity contribution < 1.29 is 23.5 Å². The third kappa shape index (κ3) is 2.77. The number of nitrogens with zero attached hydrogens (tertiary/aromatic N) is 1. The molecule has 0 atom stereocenters. The van der Waals surface area contributed by atoms with Gasteiger partial charge in [0, 0.05) is 25.7 Å². The van der Waals surface area contributed by atoms with Gasteiger partial charge in [-0.15, -0.1) is 0 Å². The maximum atomic E-state index is 6.15. The lowest BCUT2D eigenvalue weighted by atomic mass is 9.78. The second-order valence-electron chi connectivity index (χ2n) is 6.97. The van der Waals surface area contributed by atoms with Gasteiger partial charge in [-0.25, -0.2) is 0 Å². The third-order valence-electron chi connectivity index (χ3n) is 4.76. The van der Waals surface area contributed by atoms with Crippen molar-refractivity contribution in [1.82, 2.24) is 0 Å². The van der Waals surface area contributed by atoms with Gasteiger partial charge in [0.25, 0.3) is 0 Å². The van der Waals surface area contributed by atoms with E-state index >= 15 is 0 Å². The molecule has 0 bridgehead atoms. The first-order chi connectivity index (χ1) is 10.7. The Morgan fingerprint density at radius 3 is 2.43 bits per heavy atom. The van der Waals surface area contributed by atoms with Crippen LogP contribution >= 0.6 is 0 Å². The summed E-state index contributed by atoms with van der Waals surface area (Å²) in [5, 5.41) is 0. The van der Waals surface area contributed by atoms with E-state index < -0.39 is 18.3 Å². The van der Waals surface area contributed by atoms with Gasteiger partial charge < -0.3 is 28.4 Å². The highest BCUT2D eigenvalue weighted by atomic mass is 16.7. The fraction of sp³-hybridized carbons (Fsp3) is 0.625. The third-order valence-corrected chi connectivity index (χ3v) is 4.76. The summed E-state index contributed by atoms with van der Waals surface area (Å²) < 4.78 is 28.8. The standard InChI is InChI=1S/C16H24BNO5/c1-15(2)16(3,4)23-17(22-15)11-7-14-12(18(5)9-20-14)8-13(11)21-10-19-6/h7-8H,9-10H2,1-6H3. The highest BCUT2D eigenvalue weighted by Crippen LogP contribution is 2.40. The van der Waals surface area contributed by atoms with Crippen LogP contribution < -0.4 is 19.8 Å². The minimum absolute atomic E-state index is 0.163. The molecule has 0 aromatic heterocycles. The summed E-state index contributed by atoms with van der Waals surface area (Å²) in [7, 11) is 3.06. The Hall–Kier alpha value is -1.44. The predicted molar refractivity (Wildman–Crippen MR) is 88.6 cm³/mol. The van der Waals surface area contributed by atoms with Crippen molar-refractivity contribution in [2.45, 2.75) is 38.9 Å². The van der Waals surface area contributed by atoms with Crippen LogP contribution in [-0.2, 0) is 14.0 Å². The van der Waals surface area contributed by atoms with E-state index in [9.17, 15) is 0 Å². The van der Waals surface area contributed by atoms with Crippen LogP contribution in [0.2, 0.25) is 0 Å². The maximum Gasteiger partial charge on any atom is 0.498 e. The van der Waals surface area contributed by atoms with Crippen LogP contribution in [0.25, 0.3) is 0 Å². The Morgan fingerprint density at radius 2 is 1.83 bits per heavy atom. The molecule has 0 saturated carbocycles. The highest BCUT2D eigenvalue weighted by Gasteiger charge is 2.52. The van der Waals surface area contributed by atoms with Gasteiger partial charge in [-0.3, -0.25) is 0 Å². The van der Waals surface area contributed by atoms with Crippen LogP contribution in [0.4, 0.5) is 5.69 Å². The molecular weight excluding hydrogens is 297 g/mol. The summed E-state index contributed by atoms with van der Waals surface area (Å²) in [6, 6.07) is 3.88. The molecule has 0 radical (unpaired) electrons. The van der Waals surface area contributed by atoms with E-state index in [1.165, 1.54) is 0 Å². The number of anilines is 1. The maximum absolute atomic E-state index is 6.15. The van der Waals surface area contributed by atoms with E-state index in [4.69, 9.17) is 23.5 Å². The Morgan fingerprint density at radius 1 is 1.17 bits per heavy atom. The van der Waals surface area contributed by atoms with Crippen molar-refractivity contribution in [2.24, 2.45) is 0 Å². The molecule has 1 saturated heterocycles. The monoisotopic (exact) mass is 321 g/mol. The minimum atomic E-state index is -0.508. The van der Waals surface area contributed by atoms with Crippen LogP contribution in [0.3, 0.4) is 0 Å². The van der Waals surface area contributed by atoms with Gasteiger partial charge in [0.15, 0.2) is 13.5 Å². The SMILES string of the molecule is COCOc1cc2c(cc1B1OC(C)(C)C(C)(C)O1)OCN2C. The first-order valence-electron chi connectivity index (χ1n) is 7.74. The molecule has 2 aliphatic rings. The molecule has 126 valence electrons. The van der Waals surface area contributed by atoms with Crippen LogP contribution in [0.5, 0.6) is 11.5 Å². The highest BCUT2D eigenvalue weighted by molar-refractivity contribution is 6.63. The summed E-state index contributed by atoms with van der Waals surface area (Å²) in [5.41, 5.74) is 0.978. The van der Waals surface area contributed by atoms with Gasteiger partial charge >= 0.3 is 7.12 Å². The molecule has 1 aromatic rings. The Kier molecular flexibility index (Phi) is 3.98. The molecule has 1 fully saturated rings. The quantitative estimate of drug-likeness (QED) is 0.622. The number of benzene rings is 1. The van der Waals surface area contributed by atoms with Crippen molar-refractivity contribution in [3.05, 3.63) is 12.1 Å². The van der Waals surface area contributed by atoms with E-state index in [2.05, 4.69) is 0 Å². The number of hydrogen-bond acceptors (Lipinski definition) is 6. The van der Waals surface area contributed by atoms with E-state index in [0.29, 0.717) is 12.5 Å². The topological polar surface area (TPSA) is 49.4 Å². The lowest BCUT2D eigenvalue weighted by Crippen LogP contribution is -2.41. The fourth-order valence-corrected chi connectivity index (χ4v) is 2.62. The smallest absolute Gasteiger partial charge is 0.471 e. The molecule has 0 unspecified atom stereocenters. The molecule has 2 heterocycles. The molecule has 0 aliphatic carbocycles. The van der Waals surface area contributed by atoms with Gasteiger partial charge in [0.05, 0.1) is 16.9 Å². The molecule has 2 aliphatic heterocycles. The van der Waals surface area contributed by atoms with E-state index in [-0.39, 0.29) is 6.79 Å². The lowest BCUT2D eigenvalue weighted by molar-refractivity contribution is 0.00578. The zero-order valence-electron chi connectivity index (χ0n) is 14.6. The average Bonchev–Trinajstić information content (AvgIpc) is 2.93. The number of rotatable bonds is 4. The molecule has 0 amide bonds. The zero-order chi connectivity index (χ0) is 16.8. The second-order valence-corrected chi connectivity index (χ2v) is 6.97. The summed E-state index contributed by atoms with van der Waals surface area (Å²) in [4.78, 5) is 2.02. The van der Waals surface area contributed by atoms with Crippen LogP contribution in [0, 0.1) is 0 Å². The Labute approximate surface area is 137 Å². The summed E-state index contributed by atoms with van der Waals surface area (Å²) in [6.45, 7) is 8.79. The lowest BCUT2D eigenvalue weighted by Gasteiger charge is -2.32. The second kappa shape index (κ2) is 5.58. The van der Waals surface area contributed by atoms with Crippen molar-refractivity contribution in [3.63, 3.8) is 0 Å². The number of methoxy groups -OCH3 is 1. The first kappa shape index (κ1) is 16.4. The zero-order valence-corrected chi connectivity index (χ0v) is 14.6. The van der Waals surface area contributed by atoms with Crippen molar-refractivity contribution in [3.8, 4) is 11.5 Å². The molecular formula is C16H24BNO5. The molecule has 0 N–H and O–H groups in total. The van der Waals surface area contributed by atoms with Crippen LogP contribution in [-0.4, -0.2) is 46.0 Å². The van der Waals surface area contributed by atoms with Gasteiger partial charge in [0.1, 0.15) is 11.5 Å². The number of fused-ring (bicyclic) bond motifs is 1. The van der Waals surface area contributed by atoms with Gasteiger partial charge in [-0.2, -0.15) is 0 Å². The molecule has 1 aromatic carbocycles. The normalized spacial score (nSPS) is 21.3. The van der Waals surface area contributed by atoms with Crippen LogP contribution in [0.1, 0.15) is 27.7 Å². The van der Waals surface area contributed by atoms with Crippen molar-refractivity contribution in [1.29, 1.82) is 0 Å². The molecule has 7 heteroatoms. The van der Waals surface area contributed by atoms with E-state index in [1.54, 1.807) is 7.11 Å². The van der Waals surface area contributed by atoms with Gasteiger partial charge in [0.2, 0.25) is 0 Å². The molecule has 23 heavy (non-hydrogen) atoms. The molecule has 0 spiro atoms. The molecule has 6 nitrogen and oxygen atoms in total. The van der Waals surface area contributed by atoms with Crippen molar-refractivity contribution >= 4 is 18.3 Å². The van der Waals surface area contributed by atoms with Gasteiger partial charge in [-0.05, 0) is 33.8 Å². The van der Waals surface area contributed by atoms with E-state index in [1.807, 2.05) is 51.8 Å². The summed E-state index contributed by atoms with van der Waals surface area (Å²) in [6.07, 6.45) is 0. The fourth-order valence-electron chi connectivity index (χ4n) is 2.62. The largest absolute Gasteiger partial charge is 0.498 e. The summed E-state index contributed by atoms with van der Waals surface area (Å²) >= 11 is 0. The Balaban J connectivity index is 1.98. The number of hydrogen-bond donors (Lipinski definition) is 0. The van der Waals surface area contributed by atoms with Crippen molar-refractivity contribution in [2.75, 3.05) is 32.6 Å². The average molecular weight is 321 g/mol.